The molecule has 32 heavy (non-hydrogen) atoms. The Morgan fingerprint density at radius 3 is 2.47 bits per heavy atom. The minimum atomic E-state index is -0.579. The Bertz CT molecular complexity index is 1190. The molecule has 3 aromatic heterocycles. The van der Waals surface area contributed by atoms with Crippen LogP contribution in [0, 0.1) is 19.1 Å². The Balaban J connectivity index is 1.47. The molecule has 9 nitrogen and oxygen atoms in total. The number of nitrogens with one attached hydrogen (secondary N) is 3. The van der Waals surface area contributed by atoms with Gasteiger partial charge in [0.15, 0.2) is 0 Å². The molecule has 1 saturated carbocycles. The molecule has 0 radical (unpaired) electrons. The molecule has 1 amide bonds. The Morgan fingerprint density at radius 2 is 1.75 bits per heavy atom. The summed E-state index contributed by atoms with van der Waals surface area (Å²) in [5.74, 6) is 1.86. The number of anilines is 4. The van der Waals surface area contributed by atoms with Gasteiger partial charge in [0.1, 0.15) is 29.2 Å². The second-order valence-electron chi connectivity index (χ2n) is 8.59. The summed E-state index contributed by atoms with van der Waals surface area (Å²) in [6, 6.07) is 7.24. The van der Waals surface area contributed by atoms with Gasteiger partial charge in [-0.1, -0.05) is 25.3 Å². The lowest BCUT2D eigenvalue weighted by Crippen LogP contribution is -2.49. The molecule has 164 valence electrons. The Morgan fingerprint density at radius 1 is 1.00 bits per heavy atom. The van der Waals surface area contributed by atoms with Crippen LogP contribution in [0.3, 0.4) is 0 Å². The lowest BCUT2D eigenvalue weighted by atomic mass is 9.79. The molecule has 5 rings (SSSR count). The molecule has 4 heterocycles. The zero-order valence-corrected chi connectivity index (χ0v) is 18.1. The zero-order chi connectivity index (χ0) is 22.3. The largest absolute Gasteiger partial charge is 0.710 e. The molecule has 0 atom stereocenters. The summed E-state index contributed by atoms with van der Waals surface area (Å²) in [5.41, 5.74) is 2.29. The number of fused-ring (bicyclic) bond motifs is 2. The van der Waals surface area contributed by atoms with Gasteiger partial charge in [0, 0.05) is 18.3 Å². The minimum absolute atomic E-state index is 0.158. The van der Waals surface area contributed by atoms with Crippen LogP contribution in [0.2, 0.25) is 0 Å². The summed E-state index contributed by atoms with van der Waals surface area (Å²) in [6.45, 7) is 3.84. The van der Waals surface area contributed by atoms with Gasteiger partial charge in [-0.25, -0.2) is 20.0 Å². The van der Waals surface area contributed by atoms with Gasteiger partial charge < -0.3 is 15.8 Å². The molecule has 0 aromatic carbocycles. The first-order valence-electron chi connectivity index (χ1n) is 10.8. The molecule has 1 aliphatic carbocycles. The number of carbonyl (C=O) groups excluding carboxylic acids is 1. The normalized spacial score (nSPS) is 16.5. The lowest BCUT2D eigenvalue weighted by molar-refractivity contribution is -0.603. The third kappa shape index (κ3) is 3.49. The standard InChI is InChI=1S/C23H25N7O2/c1-14-6-7-16(24-12-14)27-17-11-18(26-13-25-17)28-19-10-15(2)20-21(30(19)32)23(29-22(20)31)8-4-3-5-9-23/h6-7,10-13H,3-5,8-9H2,1-2H3,(H,29,31)(H2,24,25,26,27,28). The van der Waals surface area contributed by atoms with E-state index in [0.29, 0.717) is 34.5 Å². The second-order valence-corrected chi connectivity index (χ2v) is 8.59. The van der Waals surface area contributed by atoms with Gasteiger partial charge in [0.25, 0.3) is 11.7 Å². The van der Waals surface area contributed by atoms with E-state index in [1.165, 1.54) is 6.33 Å². The van der Waals surface area contributed by atoms with Gasteiger partial charge in [0.2, 0.25) is 5.82 Å². The number of nitrogens with zero attached hydrogens (tertiary/aromatic N) is 4. The van der Waals surface area contributed by atoms with Crippen LogP contribution in [-0.2, 0) is 5.54 Å². The summed E-state index contributed by atoms with van der Waals surface area (Å²) in [5, 5.41) is 22.8. The fourth-order valence-electron chi connectivity index (χ4n) is 4.71. The summed E-state index contributed by atoms with van der Waals surface area (Å²) in [7, 11) is 0. The molecular formula is C23H25N7O2. The SMILES string of the molecule is Cc1ccc(Nc2cc(Nc3cc(C)c4c([n+]3[O-])C3(CCCCC3)NC4=O)ncn2)nc1. The third-order valence-electron chi connectivity index (χ3n) is 6.24. The van der Waals surface area contributed by atoms with Crippen molar-refractivity contribution in [1.82, 2.24) is 20.3 Å². The van der Waals surface area contributed by atoms with E-state index < -0.39 is 5.54 Å². The van der Waals surface area contributed by atoms with Gasteiger partial charge >= 0.3 is 0 Å². The highest BCUT2D eigenvalue weighted by molar-refractivity contribution is 6.00. The Hall–Kier alpha value is -3.75. The molecule has 1 aliphatic heterocycles. The van der Waals surface area contributed by atoms with E-state index in [-0.39, 0.29) is 5.91 Å². The van der Waals surface area contributed by atoms with Gasteiger partial charge in [-0.3, -0.25) is 4.79 Å². The van der Waals surface area contributed by atoms with Crippen LogP contribution < -0.4 is 20.7 Å². The maximum absolute atomic E-state index is 13.4. The number of aromatic nitrogens is 4. The van der Waals surface area contributed by atoms with Gasteiger partial charge in [-0.05, 0) is 43.9 Å². The van der Waals surface area contributed by atoms with Crippen molar-refractivity contribution in [2.45, 2.75) is 51.5 Å². The predicted octanol–water partition coefficient (Wildman–Crippen LogP) is 3.51. The number of hydrogen-bond donors (Lipinski definition) is 3. The lowest BCUT2D eigenvalue weighted by Gasteiger charge is -2.34. The summed E-state index contributed by atoms with van der Waals surface area (Å²) in [6.07, 6.45) is 7.85. The molecule has 3 aromatic rings. The fourth-order valence-corrected chi connectivity index (χ4v) is 4.71. The average Bonchev–Trinajstić information content (AvgIpc) is 3.06. The number of hydrogen-bond acceptors (Lipinski definition) is 7. The van der Waals surface area contributed by atoms with E-state index in [1.807, 2.05) is 26.0 Å². The topological polar surface area (TPSA) is 119 Å². The van der Waals surface area contributed by atoms with E-state index in [4.69, 9.17) is 0 Å². The minimum Gasteiger partial charge on any atom is -0.710 e. The van der Waals surface area contributed by atoms with Gasteiger partial charge in [-0.15, -0.1) is 0 Å². The number of aryl methyl sites for hydroxylation is 2. The number of carbonyl (C=O) groups is 1. The number of amides is 1. The monoisotopic (exact) mass is 431 g/mol. The highest BCUT2D eigenvalue weighted by atomic mass is 16.5. The van der Waals surface area contributed by atoms with Crippen molar-refractivity contribution in [1.29, 1.82) is 0 Å². The Labute approximate surface area is 185 Å². The van der Waals surface area contributed by atoms with Crippen LogP contribution in [0.25, 0.3) is 0 Å². The zero-order valence-electron chi connectivity index (χ0n) is 18.1. The number of pyridine rings is 2. The summed E-state index contributed by atoms with van der Waals surface area (Å²) in [4.78, 5) is 25.5. The average molecular weight is 432 g/mol. The first-order chi connectivity index (χ1) is 15.4. The maximum atomic E-state index is 13.4. The maximum Gasteiger partial charge on any atom is 0.284 e. The van der Waals surface area contributed by atoms with Crippen molar-refractivity contribution < 1.29 is 9.52 Å². The Kier molecular flexibility index (Phi) is 4.88. The van der Waals surface area contributed by atoms with Crippen LogP contribution in [0.1, 0.15) is 59.3 Å². The number of rotatable bonds is 4. The van der Waals surface area contributed by atoms with Crippen molar-refractivity contribution in [2.24, 2.45) is 0 Å². The first-order valence-corrected chi connectivity index (χ1v) is 10.8. The van der Waals surface area contributed by atoms with Crippen LogP contribution in [0.15, 0.2) is 36.8 Å². The van der Waals surface area contributed by atoms with Crippen LogP contribution >= 0.6 is 0 Å². The second kappa shape index (κ2) is 7.74. The molecule has 0 unspecified atom stereocenters. The van der Waals surface area contributed by atoms with Crippen molar-refractivity contribution in [2.75, 3.05) is 10.6 Å². The quantitative estimate of drug-likeness (QED) is 0.427. The molecule has 3 N–H and O–H groups in total. The molecule has 1 fully saturated rings. The smallest absolute Gasteiger partial charge is 0.284 e. The van der Waals surface area contributed by atoms with Crippen LogP contribution in [-0.4, -0.2) is 20.9 Å². The van der Waals surface area contributed by atoms with E-state index in [0.717, 1.165) is 48.0 Å². The highest BCUT2D eigenvalue weighted by Gasteiger charge is 2.48. The molecule has 0 bridgehead atoms. The van der Waals surface area contributed by atoms with Crippen LogP contribution in [0.4, 0.5) is 23.3 Å². The van der Waals surface area contributed by atoms with E-state index in [1.54, 1.807) is 18.3 Å². The molecule has 1 spiro atoms. The third-order valence-corrected chi connectivity index (χ3v) is 6.24. The van der Waals surface area contributed by atoms with Gasteiger partial charge in [-0.2, -0.15) is 4.98 Å². The van der Waals surface area contributed by atoms with Crippen LogP contribution in [0.5, 0.6) is 0 Å². The molecule has 0 saturated heterocycles. The molecule has 2 aliphatic rings. The predicted molar refractivity (Wildman–Crippen MR) is 120 cm³/mol. The highest BCUT2D eigenvalue weighted by Crippen LogP contribution is 2.42. The molecule has 9 heteroatoms. The first kappa shape index (κ1) is 20.2. The summed E-state index contributed by atoms with van der Waals surface area (Å²) < 4.78 is 0.863. The van der Waals surface area contributed by atoms with E-state index in [2.05, 4.69) is 30.9 Å². The fraction of sp³-hybridized carbons (Fsp3) is 0.348. The van der Waals surface area contributed by atoms with Crippen molar-refractivity contribution in [3.8, 4) is 0 Å². The molecular weight excluding hydrogens is 406 g/mol. The van der Waals surface area contributed by atoms with E-state index >= 15 is 0 Å². The van der Waals surface area contributed by atoms with E-state index in [9.17, 15) is 10.0 Å². The van der Waals surface area contributed by atoms with Gasteiger partial charge in [0.05, 0.1) is 5.56 Å². The van der Waals surface area contributed by atoms with Crippen molar-refractivity contribution in [3.05, 3.63) is 64.4 Å². The van der Waals surface area contributed by atoms with Crippen molar-refractivity contribution >= 4 is 29.2 Å². The van der Waals surface area contributed by atoms with Crippen molar-refractivity contribution in [3.63, 3.8) is 0 Å². The summed E-state index contributed by atoms with van der Waals surface area (Å²) >= 11 is 0.